The topological polar surface area (TPSA) is 21.7 Å². The molecule has 0 spiro atoms. The van der Waals surface area contributed by atoms with Crippen LogP contribution in [0.2, 0.25) is 0 Å². The first kappa shape index (κ1) is 27.4. The molecule has 3 rings (SSSR count). The molecule has 2 aromatic rings. The molecule has 1 saturated heterocycles. The molecule has 3 nitrogen and oxygen atoms in total. The van der Waals surface area contributed by atoms with Crippen molar-refractivity contribution in [1.82, 2.24) is 4.90 Å². The minimum atomic E-state index is 0.913. The Kier molecular flexibility index (Phi) is 14.2. The number of rotatable bonds is 6. The van der Waals surface area contributed by atoms with E-state index in [1.807, 2.05) is 23.5 Å². The second kappa shape index (κ2) is 16.1. The van der Waals surface area contributed by atoms with Crippen molar-refractivity contribution in [1.29, 1.82) is 0 Å². The van der Waals surface area contributed by atoms with Crippen molar-refractivity contribution < 1.29 is 9.47 Å². The summed E-state index contributed by atoms with van der Waals surface area (Å²) in [7, 11) is 1.70. The Morgan fingerprint density at radius 3 is 2.23 bits per heavy atom. The first-order valence-electron chi connectivity index (χ1n) is 11.6. The van der Waals surface area contributed by atoms with E-state index in [9.17, 15) is 0 Å². The molecule has 174 valence electrons. The van der Waals surface area contributed by atoms with Crippen LogP contribution < -0.4 is 4.74 Å². The van der Waals surface area contributed by atoms with Gasteiger partial charge in [-0.3, -0.25) is 4.90 Å². The smallest absolute Gasteiger partial charge is 0.118 e. The predicted molar refractivity (Wildman–Crippen MR) is 138 cm³/mol. The Morgan fingerprint density at radius 1 is 1.10 bits per heavy atom. The van der Waals surface area contributed by atoms with E-state index in [0.717, 1.165) is 38.5 Å². The molecule has 1 aliphatic heterocycles. The van der Waals surface area contributed by atoms with Gasteiger partial charge in [-0.2, -0.15) is 0 Å². The minimum absolute atomic E-state index is 0.913. The second-order valence-electron chi connectivity index (χ2n) is 8.13. The monoisotopic (exact) mass is 445 g/mol. The van der Waals surface area contributed by atoms with Crippen LogP contribution in [-0.2, 0) is 11.2 Å². The van der Waals surface area contributed by atoms with Gasteiger partial charge in [-0.25, -0.2) is 0 Å². The van der Waals surface area contributed by atoms with E-state index in [1.165, 1.54) is 45.8 Å². The molecular weight excluding hydrogens is 402 g/mol. The maximum Gasteiger partial charge on any atom is 0.118 e. The molecule has 0 atom stereocenters. The van der Waals surface area contributed by atoms with Crippen LogP contribution in [-0.4, -0.2) is 44.9 Å². The van der Waals surface area contributed by atoms with Crippen molar-refractivity contribution in [3.05, 3.63) is 56.8 Å². The number of allylic oxidation sites excluding steroid dienone is 1. The SMILES string of the molecule is CCC.CCCN1CCOCC1.COc1ccc(Cc2cc(C=C(C)C)c(C)s2)cc1. The quantitative estimate of drug-likeness (QED) is 0.468. The summed E-state index contributed by atoms with van der Waals surface area (Å²) in [5.41, 5.74) is 4.02. The van der Waals surface area contributed by atoms with Crippen LogP contribution in [0, 0.1) is 6.92 Å². The van der Waals surface area contributed by atoms with Crippen LogP contribution in [0.15, 0.2) is 35.9 Å². The maximum atomic E-state index is 5.20. The third-order valence-electron chi connectivity index (χ3n) is 4.63. The van der Waals surface area contributed by atoms with Gasteiger partial charge in [0.15, 0.2) is 0 Å². The van der Waals surface area contributed by atoms with Crippen LogP contribution in [0.4, 0.5) is 0 Å². The van der Waals surface area contributed by atoms with E-state index < -0.39 is 0 Å². The van der Waals surface area contributed by atoms with Gasteiger partial charge in [-0.05, 0) is 63.1 Å². The van der Waals surface area contributed by atoms with Crippen molar-refractivity contribution in [2.75, 3.05) is 40.0 Å². The Bertz CT molecular complexity index is 736. The fourth-order valence-corrected chi connectivity index (χ4v) is 4.24. The fourth-order valence-electron chi connectivity index (χ4n) is 3.19. The van der Waals surface area contributed by atoms with Crippen LogP contribution in [0.1, 0.15) is 68.3 Å². The molecule has 4 heteroatoms. The predicted octanol–water partition coefficient (Wildman–Crippen LogP) is 7.22. The van der Waals surface area contributed by atoms with Crippen LogP contribution in [0.3, 0.4) is 0 Å². The standard InChI is InChI=1S/C17H20OS.C7H15NO.C3H8/c1-12(2)9-15-11-17(19-13(15)3)10-14-5-7-16(18-4)8-6-14;1-2-3-8-4-6-9-7-5-8;1-3-2/h5-9,11H,10H2,1-4H3;2-7H2,1H3;3H2,1-2H3. The van der Waals surface area contributed by atoms with Crippen LogP contribution in [0.5, 0.6) is 5.75 Å². The molecule has 31 heavy (non-hydrogen) atoms. The van der Waals surface area contributed by atoms with Gasteiger partial charge in [0.2, 0.25) is 0 Å². The molecule has 2 heterocycles. The first-order valence-corrected chi connectivity index (χ1v) is 12.4. The van der Waals surface area contributed by atoms with Crippen LogP contribution >= 0.6 is 11.3 Å². The van der Waals surface area contributed by atoms with Crippen molar-refractivity contribution in [2.45, 2.75) is 60.8 Å². The third kappa shape index (κ3) is 11.5. The van der Waals surface area contributed by atoms with Crippen molar-refractivity contribution >= 4 is 17.4 Å². The second-order valence-corrected chi connectivity index (χ2v) is 9.47. The lowest BCUT2D eigenvalue weighted by Gasteiger charge is -2.25. The zero-order valence-corrected chi connectivity index (χ0v) is 21.6. The number of benzene rings is 1. The Morgan fingerprint density at radius 2 is 1.71 bits per heavy atom. The molecule has 1 aliphatic rings. The average molecular weight is 446 g/mol. The summed E-state index contributed by atoms with van der Waals surface area (Å²) in [5, 5.41) is 0. The van der Waals surface area contributed by atoms with Gasteiger partial charge < -0.3 is 9.47 Å². The van der Waals surface area contributed by atoms with E-state index in [2.05, 4.69) is 70.7 Å². The molecule has 1 aromatic heterocycles. The summed E-state index contributed by atoms with van der Waals surface area (Å²) < 4.78 is 10.4. The lowest BCUT2D eigenvalue weighted by Crippen LogP contribution is -2.36. The molecule has 0 aliphatic carbocycles. The highest BCUT2D eigenvalue weighted by Gasteiger charge is 2.07. The van der Waals surface area contributed by atoms with Gasteiger partial charge in [-0.1, -0.05) is 51.0 Å². The number of aryl methyl sites for hydroxylation is 1. The zero-order chi connectivity index (χ0) is 23.1. The average Bonchev–Trinajstić information content (AvgIpc) is 3.08. The maximum absolute atomic E-state index is 5.20. The first-order chi connectivity index (χ1) is 14.9. The number of hydrogen-bond donors (Lipinski definition) is 0. The fraction of sp³-hybridized carbons (Fsp3) is 0.556. The number of hydrogen-bond acceptors (Lipinski definition) is 4. The van der Waals surface area contributed by atoms with Crippen molar-refractivity contribution in [3.63, 3.8) is 0 Å². The Balaban J connectivity index is 0.000000333. The van der Waals surface area contributed by atoms with Gasteiger partial charge in [0.25, 0.3) is 0 Å². The van der Waals surface area contributed by atoms with E-state index in [-0.39, 0.29) is 0 Å². The van der Waals surface area contributed by atoms with Gasteiger partial charge >= 0.3 is 0 Å². The number of nitrogens with zero attached hydrogens (tertiary/aromatic N) is 1. The minimum Gasteiger partial charge on any atom is -0.497 e. The number of morpholine rings is 1. The van der Waals surface area contributed by atoms with E-state index in [4.69, 9.17) is 9.47 Å². The summed E-state index contributed by atoms with van der Waals surface area (Å²) in [6.07, 6.45) is 5.76. The van der Waals surface area contributed by atoms with Crippen LogP contribution in [0.25, 0.3) is 6.08 Å². The largest absolute Gasteiger partial charge is 0.497 e. The summed E-state index contributed by atoms with van der Waals surface area (Å²) in [6.45, 7) is 18.3. The molecular formula is C27H43NO2S. The van der Waals surface area contributed by atoms with Gasteiger partial charge in [-0.15, -0.1) is 11.3 Å². The molecule has 0 bridgehead atoms. The van der Waals surface area contributed by atoms with E-state index in [0.29, 0.717) is 0 Å². The summed E-state index contributed by atoms with van der Waals surface area (Å²) in [5.74, 6) is 0.913. The Labute approximate surface area is 195 Å². The normalized spacial score (nSPS) is 13.4. The number of thiophene rings is 1. The Hall–Kier alpha value is -1.62. The highest BCUT2D eigenvalue weighted by molar-refractivity contribution is 7.12. The zero-order valence-electron chi connectivity index (χ0n) is 20.8. The molecule has 0 N–H and O–H groups in total. The molecule has 0 saturated carbocycles. The van der Waals surface area contributed by atoms with Gasteiger partial charge in [0.05, 0.1) is 20.3 Å². The molecule has 1 aromatic carbocycles. The number of ether oxygens (including phenoxy) is 2. The van der Waals surface area contributed by atoms with E-state index in [1.54, 1.807) is 7.11 Å². The highest BCUT2D eigenvalue weighted by atomic mass is 32.1. The molecule has 0 radical (unpaired) electrons. The lowest BCUT2D eigenvalue weighted by molar-refractivity contribution is 0.0380. The lowest BCUT2D eigenvalue weighted by atomic mass is 10.1. The molecule has 0 unspecified atom stereocenters. The van der Waals surface area contributed by atoms with Crippen molar-refractivity contribution in [3.8, 4) is 5.75 Å². The van der Waals surface area contributed by atoms with Gasteiger partial charge in [0.1, 0.15) is 5.75 Å². The summed E-state index contributed by atoms with van der Waals surface area (Å²) >= 11 is 1.89. The van der Waals surface area contributed by atoms with Crippen molar-refractivity contribution in [2.24, 2.45) is 0 Å². The molecule has 0 amide bonds. The van der Waals surface area contributed by atoms with Gasteiger partial charge in [0, 0.05) is 29.3 Å². The van der Waals surface area contributed by atoms with E-state index >= 15 is 0 Å². The third-order valence-corrected chi connectivity index (χ3v) is 5.70. The number of methoxy groups -OCH3 is 1. The highest BCUT2D eigenvalue weighted by Crippen LogP contribution is 2.26. The summed E-state index contributed by atoms with van der Waals surface area (Å²) in [4.78, 5) is 5.25. The summed E-state index contributed by atoms with van der Waals surface area (Å²) in [6, 6.07) is 10.6. The molecule has 1 fully saturated rings.